The Balaban J connectivity index is 1.75. The summed E-state index contributed by atoms with van der Waals surface area (Å²) in [6.07, 6.45) is 3.05. The maximum Gasteiger partial charge on any atom is 0.265 e. The fourth-order valence-electron chi connectivity index (χ4n) is 2.09. The van der Waals surface area contributed by atoms with Gasteiger partial charge in [0.25, 0.3) is 5.91 Å². The fourth-order valence-corrected chi connectivity index (χ4v) is 2.68. The van der Waals surface area contributed by atoms with Gasteiger partial charge in [-0.25, -0.2) is 9.97 Å². The molecule has 0 radical (unpaired) electrons. The lowest BCUT2D eigenvalue weighted by Crippen LogP contribution is -2.42. The van der Waals surface area contributed by atoms with E-state index in [1.807, 2.05) is 13.0 Å². The number of hydrogen-bond donors (Lipinski definition) is 0. The number of rotatable bonds is 2. The highest BCUT2D eigenvalue weighted by Gasteiger charge is 2.28. The molecule has 0 aromatic carbocycles. The van der Waals surface area contributed by atoms with Crippen molar-refractivity contribution in [1.29, 1.82) is 0 Å². The van der Waals surface area contributed by atoms with Crippen LogP contribution in [0, 0.1) is 6.92 Å². The first kappa shape index (κ1) is 13.1. The van der Waals surface area contributed by atoms with E-state index in [0.717, 1.165) is 5.69 Å². The Morgan fingerprint density at radius 3 is 3.20 bits per heavy atom. The number of carbonyl (C=O) groups excluding carboxylic acids is 1. The summed E-state index contributed by atoms with van der Waals surface area (Å²) in [6, 6.07) is 1.84. The summed E-state index contributed by atoms with van der Waals surface area (Å²) in [6.45, 7) is 3.46. The first-order chi connectivity index (χ1) is 9.74. The molecule has 3 heterocycles. The molecule has 0 aliphatic carbocycles. The van der Waals surface area contributed by atoms with Gasteiger partial charge < -0.3 is 9.64 Å². The summed E-state index contributed by atoms with van der Waals surface area (Å²) in [5, 5.41) is 0. The molecule has 2 aromatic heterocycles. The molecule has 7 heteroatoms. The van der Waals surface area contributed by atoms with Crippen LogP contribution in [0.15, 0.2) is 24.0 Å². The van der Waals surface area contributed by atoms with E-state index in [2.05, 4.69) is 15.0 Å². The number of thiazole rings is 1. The van der Waals surface area contributed by atoms with Crippen LogP contribution >= 0.6 is 11.3 Å². The van der Waals surface area contributed by atoms with Crippen molar-refractivity contribution >= 4 is 17.2 Å². The quantitative estimate of drug-likeness (QED) is 0.837. The van der Waals surface area contributed by atoms with Gasteiger partial charge in [0.15, 0.2) is 5.82 Å². The molecule has 0 spiro atoms. The Kier molecular flexibility index (Phi) is 3.70. The van der Waals surface area contributed by atoms with Gasteiger partial charge in [-0.05, 0) is 13.0 Å². The van der Waals surface area contributed by atoms with Gasteiger partial charge in [0, 0.05) is 18.4 Å². The predicted molar refractivity (Wildman–Crippen MR) is 73.5 cm³/mol. The molecular weight excluding hydrogens is 276 g/mol. The van der Waals surface area contributed by atoms with E-state index >= 15 is 0 Å². The van der Waals surface area contributed by atoms with Crippen LogP contribution in [0.3, 0.4) is 0 Å². The lowest BCUT2D eigenvalue weighted by Gasteiger charge is -2.31. The highest BCUT2D eigenvalue weighted by molar-refractivity contribution is 7.11. The van der Waals surface area contributed by atoms with Gasteiger partial charge in [-0.15, -0.1) is 11.3 Å². The molecule has 1 aliphatic heterocycles. The van der Waals surface area contributed by atoms with Crippen molar-refractivity contribution in [3.63, 3.8) is 0 Å². The Labute approximate surface area is 120 Å². The lowest BCUT2D eigenvalue weighted by atomic mass is 10.2. The largest absolute Gasteiger partial charge is 0.367 e. The number of carbonyl (C=O) groups is 1. The summed E-state index contributed by atoms with van der Waals surface area (Å²) in [7, 11) is 0. The molecule has 1 atom stereocenters. The van der Waals surface area contributed by atoms with E-state index < -0.39 is 0 Å². The van der Waals surface area contributed by atoms with E-state index in [-0.39, 0.29) is 12.0 Å². The van der Waals surface area contributed by atoms with Crippen LogP contribution in [0.25, 0.3) is 0 Å². The smallest absolute Gasteiger partial charge is 0.265 e. The van der Waals surface area contributed by atoms with Crippen LogP contribution in [0.5, 0.6) is 0 Å². The van der Waals surface area contributed by atoms with E-state index in [4.69, 9.17) is 4.74 Å². The number of aryl methyl sites for hydroxylation is 1. The number of hydrogen-bond acceptors (Lipinski definition) is 6. The van der Waals surface area contributed by atoms with Crippen molar-refractivity contribution in [2.75, 3.05) is 19.7 Å². The van der Waals surface area contributed by atoms with Crippen LogP contribution in [-0.4, -0.2) is 45.5 Å². The standard InChI is InChI=1S/C13H14N4O2S/c1-9-2-3-15-12(16-9)10-7-17(4-5-19-10)13(18)11-6-14-8-20-11/h2-3,6,8,10H,4-5,7H2,1H3/t10-/m0/s1. The van der Waals surface area contributed by atoms with Crippen LogP contribution in [0.1, 0.15) is 27.3 Å². The third-order valence-corrected chi connectivity index (χ3v) is 3.86. The second kappa shape index (κ2) is 5.64. The molecule has 2 aromatic rings. The number of nitrogens with zero attached hydrogens (tertiary/aromatic N) is 4. The van der Waals surface area contributed by atoms with E-state index in [1.54, 1.807) is 22.8 Å². The molecule has 0 saturated carbocycles. The summed E-state index contributed by atoms with van der Waals surface area (Å²) in [4.78, 5) is 27.3. The fraction of sp³-hybridized carbons (Fsp3) is 0.385. The van der Waals surface area contributed by atoms with Crippen molar-refractivity contribution < 1.29 is 9.53 Å². The molecular formula is C13H14N4O2S. The van der Waals surface area contributed by atoms with Crippen LogP contribution < -0.4 is 0 Å². The number of ether oxygens (including phenoxy) is 1. The first-order valence-corrected chi connectivity index (χ1v) is 7.21. The third-order valence-electron chi connectivity index (χ3n) is 3.10. The Morgan fingerprint density at radius 2 is 2.45 bits per heavy atom. The summed E-state index contributed by atoms with van der Waals surface area (Å²) >= 11 is 1.35. The minimum Gasteiger partial charge on any atom is -0.367 e. The van der Waals surface area contributed by atoms with E-state index in [9.17, 15) is 4.79 Å². The predicted octanol–water partition coefficient (Wildman–Crippen LogP) is 1.46. The van der Waals surface area contributed by atoms with Crippen LogP contribution in [0.2, 0.25) is 0 Å². The molecule has 1 amide bonds. The van der Waals surface area contributed by atoms with Crippen molar-refractivity contribution in [2.45, 2.75) is 13.0 Å². The maximum absolute atomic E-state index is 12.3. The number of aromatic nitrogens is 3. The second-order valence-corrected chi connectivity index (χ2v) is 5.42. The van der Waals surface area contributed by atoms with Gasteiger partial charge in [0.2, 0.25) is 0 Å². The average molecular weight is 290 g/mol. The summed E-state index contributed by atoms with van der Waals surface area (Å²) in [5.74, 6) is 0.625. The summed E-state index contributed by atoms with van der Waals surface area (Å²) in [5.41, 5.74) is 2.55. The van der Waals surface area contributed by atoms with Gasteiger partial charge in [-0.3, -0.25) is 9.78 Å². The molecule has 3 rings (SSSR count). The molecule has 20 heavy (non-hydrogen) atoms. The Hall–Kier alpha value is -1.86. The van der Waals surface area contributed by atoms with Crippen molar-refractivity contribution in [1.82, 2.24) is 19.9 Å². The van der Waals surface area contributed by atoms with Gasteiger partial charge in [0.1, 0.15) is 11.0 Å². The topological polar surface area (TPSA) is 68.2 Å². The van der Waals surface area contributed by atoms with Crippen molar-refractivity contribution in [3.8, 4) is 0 Å². The third kappa shape index (κ3) is 2.68. The van der Waals surface area contributed by atoms with Crippen molar-refractivity contribution in [2.24, 2.45) is 0 Å². The highest BCUT2D eigenvalue weighted by atomic mass is 32.1. The zero-order valence-electron chi connectivity index (χ0n) is 11.0. The normalized spacial score (nSPS) is 19.1. The van der Waals surface area contributed by atoms with Gasteiger partial charge >= 0.3 is 0 Å². The zero-order valence-corrected chi connectivity index (χ0v) is 11.8. The first-order valence-electron chi connectivity index (χ1n) is 6.33. The molecule has 6 nitrogen and oxygen atoms in total. The molecule has 1 aliphatic rings. The number of amides is 1. The molecule has 1 fully saturated rings. The lowest BCUT2D eigenvalue weighted by molar-refractivity contribution is -0.0267. The maximum atomic E-state index is 12.3. The van der Waals surface area contributed by atoms with Gasteiger partial charge in [0.05, 0.1) is 24.9 Å². The summed E-state index contributed by atoms with van der Waals surface area (Å²) < 4.78 is 5.69. The second-order valence-electron chi connectivity index (χ2n) is 4.53. The molecule has 0 N–H and O–H groups in total. The van der Waals surface area contributed by atoms with Crippen LogP contribution in [0.4, 0.5) is 0 Å². The Bertz CT molecular complexity index is 602. The molecule has 1 saturated heterocycles. The minimum atomic E-state index is -0.263. The zero-order chi connectivity index (χ0) is 13.9. The number of morpholine rings is 1. The Morgan fingerprint density at radius 1 is 1.55 bits per heavy atom. The highest BCUT2D eigenvalue weighted by Crippen LogP contribution is 2.21. The molecule has 0 bridgehead atoms. The SMILES string of the molecule is Cc1ccnc([C@@H]2CN(C(=O)c3cncs3)CCO2)n1. The monoisotopic (exact) mass is 290 g/mol. The average Bonchev–Trinajstić information content (AvgIpc) is 3.01. The minimum absolute atomic E-state index is 0.00606. The van der Waals surface area contributed by atoms with Crippen LogP contribution in [-0.2, 0) is 4.74 Å². The molecule has 104 valence electrons. The van der Waals surface area contributed by atoms with Gasteiger partial charge in [-0.2, -0.15) is 0 Å². The molecule has 0 unspecified atom stereocenters. The van der Waals surface area contributed by atoms with Crippen molar-refractivity contribution in [3.05, 3.63) is 40.4 Å². The van der Waals surface area contributed by atoms with E-state index in [1.165, 1.54) is 11.3 Å². The van der Waals surface area contributed by atoms with E-state index in [0.29, 0.717) is 30.4 Å². The van der Waals surface area contributed by atoms with Gasteiger partial charge in [-0.1, -0.05) is 0 Å².